The number of amides is 1. The topological polar surface area (TPSA) is 88.2 Å². The molecule has 0 bridgehead atoms. The van der Waals surface area contributed by atoms with Crippen molar-refractivity contribution in [1.82, 2.24) is 15.0 Å². The average molecular weight is 404 g/mol. The van der Waals surface area contributed by atoms with Crippen molar-refractivity contribution in [2.24, 2.45) is 0 Å². The maximum atomic E-state index is 12.1. The molecule has 0 aliphatic carbocycles. The van der Waals surface area contributed by atoms with Crippen LogP contribution in [0.25, 0.3) is 10.2 Å². The number of carbonyl (C=O) groups is 1. The Labute approximate surface area is 162 Å². The molecule has 0 saturated carbocycles. The Kier molecular flexibility index (Phi) is 6.20. The summed E-state index contributed by atoms with van der Waals surface area (Å²) >= 11 is 1.66. The number of nitrogens with one attached hydrogen (secondary N) is 2. The monoisotopic (exact) mass is 403 g/mol. The lowest BCUT2D eigenvalue weighted by molar-refractivity contribution is -0.121. The van der Waals surface area contributed by atoms with Crippen LogP contribution in [0.3, 0.4) is 0 Å². The van der Waals surface area contributed by atoms with E-state index in [1.54, 1.807) is 29.5 Å². The molecule has 0 radical (unpaired) electrons. The maximum Gasteiger partial charge on any atom is 0.240 e. The van der Waals surface area contributed by atoms with E-state index in [1.165, 1.54) is 13.1 Å². The van der Waals surface area contributed by atoms with Gasteiger partial charge in [0.05, 0.1) is 20.1 Å². The molecular weight excluding hydrogens is 382 g/mol. The highest BCUT2D eigenvalue weighted by molar-refractivity contribution is 7.89. The molecule has 0 unspecified atom stereocenters. The fourth-order valence-electron chi connectivity index (χ4n) is 2.66. The van der Waals surface area contributed by atoms with Crippen molar-refractivity contribution in [3.63, 3.8) is 0 Å². The molecule has 1 amide bonds. The molecule has 0 aliphatic heterocycles. The van der Waals surface area contributed by atoms with Crippen LogP contribution in [-0.4, -0.2) is 26.4 Å². The van der Waals surface area contributed by atoms with Crippen LogP contribution in [0.5, 0.6) is 0 Å². The average Bonchev–Trinajstić information content (AvgIpc) is 3.09. The minimum absolute atomic E-state index is 0.0574. The van der Waals surface area contributed by atoms with Gasteiger partial charge in [-0.3, -0.25) is 4.79 Å². The number of aryl methyl sites for hydroxylation is 1. The lowest BCUT2D eigenvalue weighted by Gasteiger charge is -2.07. The van der Waals surface area contributed by atoms with Gasteiger partial charge in [-0.1, -0.05) is 24.3 Å². The van der Waals surface area contributed by atoms with E-state index < -0.39 is 10.0 Å². The van der Waals surface area contributed by atoms with Gasteiger partial charge in [-0.05, 0) is 49.7 Å². The second-order valence-electron chi connectivity index (χ2n) is 6.06. The number of carbonyl (C=O) groups excluding carboxylic acids is 1. The van der Waals surface area contributed by atoms with Gasteiger partial charge in [0.1, 0.15) is 0 Å². The third-order valence-electron chi connectivity index (χ3n) is 4.10. The van der Waals surface area contributed by atoms with E-state index in [9.17, 15) is 13.2 Å². The normalized spacial score (nSPS) is 11.6. The molecule has 2 N–H and O–H groups in total. The van der Waals surface area contributed by atoms with Crippen molar-refractivity contribution in [2.75, 3.05) is 7.05 Å². The summed E-state index contributed by atoms with van der Waals surface area (Å²) in [6.07, 6.45) is 1.90. The van der Waals surface area contributed by atoms with E-state index in [2.05, 4.69) is 15.0 Å². The number of sulfonamides is 1. The molecule has 0 spiro atoms. The van der Waals surface area contributed by atoms with Gasteiger partial charge in [-0.2, -0.15) is 0 Å². The molecule has 27 heavy (non-hydrogen) atoms. The number of benzene rings is 2. The van der Waals surface area contributed by atoms with Gasteiger partial charge in [-0.15, -0.1) is 11.3 Å². The van der Waals surface area contributed by atoms with Gasteiger partial charge in [0.2, 0.25) is 15.9 Å². The summed E-state index contributed by atoms with van der Waals surface area (Å²) < 4.78 is 27.1. The van der Waals surface area contributed by atoms with Gasteiger partial charge < -0.3 is 5.32 Å². The zero-order chi connectivity index (χ0) is 19.3. The predicted molar refractivity (Wildman–Crippen MR) is 107 cm³/mol. The van der Waals surface area contributed by atoms with E-state index in [0.29, 0.717) is 13.0 Å². The zero-order valence-electron chi connectivity index (χ0n) is 14.9. The number of para-hydroxylation sites is 1. The maximum absolute atomic E-state index is 12.1. The van der Waals surface area contributed by atoms with Gasteiger partial charge in [0.25, 0.3) is 0 Å². The van der Waals surface area contributed by atoms with Crippen molar-refractivity contribution in [1.29, 1.82) is 0 Å². The molecule has 8 heteroatoms. The molecular formula is C19H21N3O3S2. The van der Waals surface area contributed by atoms with E-state index in [1.807, 2.05) is 24.3 Å². The highest BCUT2D eigenvalue weighted by atomic mass is 32.2. The highest BCUT2D eigenvalue weighted by Gasteiger charge is 2.11. The first-order valence-electron chi connectivity index (χ1n) is 8.61. The number of nitrogens with zero attached hydrogens (tertiary/aromatic N) is 1. The Bertz CT molecular complexity index is 1010. The quantitative estimate of drug-likeness (QED) is 0.605. The molecule has 0 saturated heterocycles. The lowest BCUT2D eigenvalue weighted by atomic mass is 10.2. The van der Waals surface area contributed by atoms with Crippen molar-refractivity contribution >= 4 is 37.5 Å². The van der Waals surface area contributed by atoms with Crippen LogP contribution in [0, 0.1) is 0 Å². The van der Waals surface area contributed by atoms with E-state index >= 15 is 0 Å². The number of rotatable bonds is 8. The minimum Gasteiger partial charge on any atom is -0.352 e. The molecule has 3 rings (SSSR count). The third kappa shape index (κ3) is 5.12. The van der Waals surface area contributed by atoms with Gasteiger partial charge >= 0.3 is 0 Å². The summed E-state index contributed by atoms with van der Waals surface area (Å²) in [5.41, 5.74) is 1.74. The van der Waals surface area contributed by atoms with Crippen LogP contribution in [0.15, 0.2) is 53.4 Å². The summed E-state index contributed by atoms with van der Waals surface area (Å²) in [7, 11) is -2.11. The van der Waals surface area contributed by atoms with Gasteiger partial charge in [0.15, 0.2) is 0 Å². The number of fused-ring (bicyclic) bond motifs is 1. The van der Waals surface area contributed by atoms with Crippen molar-refractivity contribution < 1.29 is 13.2 Å². The van der Waals surface area contributed by atoms with Crippen LogP contribution >= 0.6 is 11.3 Å². The first kappa shape index (κ1) is 19.5. The molecule has 2 aromatic carbocycles. The van der Waals surface area contributed by atoms with Crippen molar-refractivity contribution in [3.05, 3.63) is 59.1 Å². The summed E-state index contributed by atoms with van der Waals surface area (Å²) in [5, 5.41) is 3.87. The smallest absolute Gasteiger partial charge is 0.240 e. The Morgan fingerprint density at radius 1 is 1.15 bits per heavy atom. The molecule has 0 aliphatic rings. The fourth-order valence-corrected chi connectivity index (χ4v) is 4.47. The van der Waals surface area contributed by atoms with E-state index in [0.717, 1.165) is 33.6 Å². The predicted octanol–water partition coefficient (Wildman–Crippen LogP) is 2.84. The largest absolute Gasteiger partial charge is 0.352 e. The fraction of sp³-hybridized carbons (Fsp3) is 0.263. The summed E-state index contributed by atoms with van der Waals surface area (Å²) in [5.74, 6) is -0.0574. The standard InChI is InChI=1S/C19H21N3O3S2/c1-20-27(24,25)15-7-4-6-14(12-15)13-21-18(23)10-5-11-19-22-16-8-2-3-9-17(16)26-19/h2-4,6-9,12,20H,5,10-11,13H2,1H3,(H,21,23). The molecule has 0 atom stereocenters. The van der Waals surface area contributed by atoms with E-state index in [-0.39, 0.29) is 10.8 Å². The number of thiazole rings is 1. The zero-order valence-corrected chi connectivity index (χ0v) is 16.6. The van der Waals surface area contributed by atoms with Crippen LogP contribution in [-0.2, 0) is 27.8 Å². The van der Waals surface area contributed by atoms with Gasteiger partial charge in [0, 0.05) is 13.0 Å². The van der Waals surface area contributed by atoms with Crippen LogP contribution in [0.2, 0.25) is 0 Å². The molecule has 0 fully saturated rings. The first-order valence-corrected chi connectivity index (χ1v) is 10.9. The number of hydrogen-bond donors (Lipinski definition) is 2. The Morgan fingerprint density at radius 3 is 2.74 bits per heavy atom. The lowest BCUT2D eigenvalue weighted by Crippen LogP contribution is -2.23. The van der Waals surface area contributed by atoms with Crippen LogP contribution < -0.4 is 10.0 Å². The number of hydrogen-bond acceptors (Lipinski definition) is 5. The Balaban J connectivity index is 1.48. The summed E-state index contributed by atoms with van der Waals surface area (Å²) in [4.78, 5) is 16.8. The third-order valence-corrected chi connectivity index (χ3v) is 6.61. The van der Waals surface area contributed by atoms with Crippen molar-refractivity contribution in [2.45, 2.75) is 30.7 Å². The van der Waals surface area contributed by atoms with Crippen LogP contribution in [0.4, 0.5) is 0 Å². The van der Waals surface area contributed by atoms with Crippen LogP contribution in [0.1, 0.15) is 23.4 Å². The second kappa shape index (κ2) is 8.60. The molecule has 142 valence electrons. The van der Waals surface area contributed by atoms with Crippen molar-refractivity contribution in [3.8, 4) is 0 Å². The Morgan fingerprint density at radius 2 is 1.96 bits per heavy atom. The SMILES string of the molecule is CNS(=O)(=O)c1cccc(CNC(=O)CCCc2nc3ccccc3s2)c1. The number of aromatic nitrogens is 1. The van der Waals surface area contributed by atoms with Gasteiger partial charge in [-0.25, -0.2) is 18.1 Å². The molecule has 1 aromatic heterocycles. The molecule has 6 nitrogen and oxygen atoms in total. The minimum atomic E-state index is -3.48. The summed E-state index contributed by atoms with van der Waals surface area (Å²) in [6.45, 7) is 0.299. The summed E-state index contributed by atoms with van der Waals surface area (Å²) in [6, 6.07) is 14.5. The molecule has 1 heterocycles. The van der Waals surface area contributed by atoms with E-state index in [4.69, 9.17) is 0 Å². The second-order valence-corrected chi connectivity index (χ2v) is 9.06. The Hall–Kier alpha value is -2.29. The molecule has 3 aromatic rings. The first-order chi connectivity index (χ1) is 13.0. The highest BCUT2D eigenvalue weighted by Crippen LogP contribution is 2.22.